The quantitative estimate of drug-likeness (QED) is 0.0494. The Hall–Kier alpha value is -3.12. The molecule has 0 spiro atoms. The minimum atomic E-state index is -1.44. The highest BCUT2D eigenvalue weighted by atomic mass is 32.1. The molecule has 4 atom stereocenters. The van der Waals surface area contributed by atoms with E-state index in [9.17, 15) is 38.7 Å². The Morgan fingerprint density at radius 1 is 0.780 bits per heavy atom. The molecule has 0 radical (unpaired) electrons. The van der Waals surface area contributed by atoms with Crippen LogP contribution in [-0.4, -0.2) is 92.8 Å². The predicted octanol–water partition coefficient (Wildman–Crippen LogP) is -1.81. The number of nitrogens with one attached hydrogen (secondary N) is 5. The first kappa shape index (κ1) is 35.9. The average Bonchev–Trinajstić information content (AvgIpc) is 2.93. The lowest BCUT2D eigenvalue weighted by Crippen LogP contribution is -2.60. The topological polar surface area (TPSA) is 220 Å². The van der Waals surface area contributed by atoms with Gasteiger partial charge in [0, 0.05) is 17.9 Å². The Balaban J connectivity index is 3.13. The normalized spacial score (nSPS) is 13.7. The van der Waals surface area contributed by atoms with Crippen LogP contribution in [-0.2, 0) is 40.0 Å². The van der Waals surface area contributed by atoms with Gasteiger partial charge in [-0.3, -0.25) is 38.9 Å². The van der Waals surface area contributed by atoms with Crippen molar-refractivity contribution in [1.82, 2.24) is 26.8 Å². The summed E-state index contributed by atoms with van der Waals surface area (Å²) in [5.41, 5.74) is 6.05. The second-order valence-corrected chi connectivity index (χ2v) is 9.74. The van der Waals surface area contributed by atoms with Crippen molar-refractivity contribution in [2.45, 2.75) is 50.4 Å². The number of aliphatic carboxylic acids is 1. The molecule has 17 heteroatoms. The van der Waals surface area contributed by atoms with Crippen molar-refractivity contribution in [3.8, 4) is 5.75 Å². The van der Waals surface area contributed by atoms with Crippen LogP contribution >= 0.6 is 37.9 Å². The van der Waals surface area contributed by atoms with Crippen molar-refractivity contribution in [3.05, 3.63) is 29.8 Å². The Labute approximate surface area is 252 Å². The molecule has 0 unspecified atom stereocenters. The summed E-state index contributed by atoms with van der Waals surface area (Å²) >= 11 is 11.7. The number of ketones is 2. The standard InChI is InChI=1S/C24H33N5O9S3/c1-12(30)17(9-39)29-28-16(8-13-2-4-14(31)5-3-13)22(36)25-15(6-7-20(33)34)21(35)26-18(10-40)23(37)27-24(38)19(32)11-41/h2-5,15-18,28-29,31,39-41H,6-11H2,1H3,(H,25,36)(H,26,35)(H,33,34)(H,27,37,38)/t15-,16-,17-,18-/m0/s1. The molecule has 0 heterocycles. The molecule has 4 amide bonds. The van der Waals surface area contributed by atoms with Crippen LogP contribution in [0.25, 0.3) is 0 Å². The van der Waals surface area contributed by atoms with E-state index in [-0.39, 0.29) is 35.9 Å². The van der Waals surface area contributed by atoms with E-state index in [1.165, 1.54) is 19.1 Å². The van der Waals surface area contributed by atoms with Gasteiger partial charge in [-0.1, -0.05) is 12.1 Å². The maximum Gasteiger partial charge on any atom is 0.303 e. The fourth-order valence-electron chi connectivity index (χ4n) is 3.17. The predicted molar refractivity (Wildman–Crippen MR) is 157 cm³/mol. The van der Waals surface area contributed by atoms with Gasteiger partial charge in [0.15, 0.2) is 0 Å². The summed E-state index contributed by atoms with van der Waals surface area (Å²) < 4.78 is 0. The number of carbonyl (C=O) groups is 7. The number of phenolic OH excluding ortho intramolecular Hbond substituents is 1. The summed E-state index contributed by atoms with van der Waals surface area (Å²) in [6.07, 6.45) is -0.866. The molecular formula is C24H33N5O9S3. The highest BCUT2D eigenvalue weighted by Gasteiger charge is 2.30. The Kier molecular flexibility index (Phi) is 16.1. The number of carboxylic acids is 1. The molecule has 0 fully saturated rings. The molecule has 1 rings (SSSR count). The second-order valence-electron chi connectivity index (χ2n) is 8.69. The van der Waals surface area contributed by atoms with Gasteiger partial charge in [-0.2, -0.15) is 37.9 Å². The zero-order valence-electron chi connectivity index (χ0n) is 22.0. The summed E-state index contributed by atoms with van der Waals surface area (Å²) in [5, 5.41) is 25.3. The molecule has 1 aromatic rings. The molecular weight excluding hydrogens is 598 g/mol. The molecule has 0 aliphatic heterocycles. The Morgan fingerprint density at radius 3 is 1.83 bits per heavy atom. The minimum absolute atomic E-state index is 0.00238. The van der Waals surface area contributed by atoms with Gasteiger partial charge >= 0.3 is 5.97 Å². The second kappa shape index (κ2) is 18.3. The number of Topliss-reactive ketones (excluding diaryl/α,β-unsaturated/α-hetero) is 2. The number of rotatable bonds is 18. The lowest BCUT2D eigenvalue weighted by molar-refractivity contribution is -0.141. The number of hydrogen-bond donors (Lipinski definition) is 10. The fraction of sp³-hybridized carbons (Fsp3) is 0.458. The number of carboxylic acid groups (broad SMARTS) is 1. The van der Waals surface area contributed by atoms with Gasteiger partial charge in [0.2, 0.25) is 23.5 Å². The molecule has 0 aliphatic carbocycles. The number of amides is 4. The first-order valence-corrected chi connectivity index (χ1v) is 14.0. The van der Waals surface area contributed by atoms with E-state index >= 15 is 0 Å². The summed E-state index contributed by atoms with van der Waals surface area (Å²) in [5.74, 6) is -7.14. The van der Waals surface area contributed by atoms with E-state index in [1.807, 2.05) is 5.32 Å². The van der Waals surface area contributed by atoms with Crippen molar-refractivity contribution in [3.63, 3.8) is 0 Å². The van der Waals surface area contributed by atoms with E-state index in [1.54, 1.807) is 12.1 Å². The van der Waals surface area contributed by atoms with Crippen LogP contribution in [0.1, 0.15) is 25.3 Å². The lowest BCUT2D eigenvalue weighted by Gasteiger charge is -2.26. The lowest BCUT2D eigenvalue weighted by atomic mass is 10.0. The van der Waals surface area contributed by atoms with E-state index in [4.69, 9.17) is 5.11 Å². The molecule has 41 heavy (non-hydrogen) atoms. The van der Waals surface area contributed by atoms with Gasteiger partial charge < -0.3 is 20.8 Å². The van der Waals surface area contributed by atoms with E-state index in [0.717, 1.165) is 0 Å². The number of aromatic hydroxyl groups is 1. The Bertz CT molecular complexity index is 1120. The highest BCUT2D eigenvalue weighted by Crippen LogP contribution is 2.12. The van der Waals surface area contributed by atoms with Crippen molar-refractivity contribution in [2.75, 3.05) is 17.3 Å². The summed E-state index contributed by atoms with van der Waals surface area (Å²) in [4.78, 5) is 84.9. The number of imide groups is 1. The number of carbonyl (C=O) groups excluding carboxylic acids is 6. The molecule has 0 saturated carbocycles. The van der Waals surface area contributed by atoms with Crippen LogP contribution in [0.5, 0.6) is 5.75 Å². The summed E-state index contributed by atoms with van der Waals surface area (Å²) in [6.45, 7) is 1.33. The summed E-state index contributed by atoms with van der Waals surface area (Å²) in [6, 6.07) is 1.22. The Morgan fingerprint density at radius 2 is 1.32 bits per heavy atom. The number of benzene rings is 1. The van der Waals surface area contributed by atoms with E-state index in [0.29, 0.717) is 5.56 Å². The van der Waals surface area contributed by atoms with Crippen LogP contribution < -0.4 is 26.8 Å². The van der Waals surface area contributed by atoms with Crippen LogP contribution in [0.3, 0.4) is 0 Å². The molecule has 0 aromatic heterocycles. The van der Waals surface area contributed by atoms with Crippen molar-refractivity contribution >= 4 is 79.1 Å². The fourth-order valence-corrected chi connectivity index (χ4v) is 3.92. The van der Waals surface area contributed by atoms with Gasteiger partial charge in [0.1, 0.15) is 29.7 Å². The average molecular weight is 632 g/mol. The monoisotopic (exact) mass is 631 g/mol. The third-order valence-electron chi connectivity index (χ3n) is 5.53. The molecule has 1 aromatic carbocycles. The van der Waals surface area contributed by atoms with E-state index < -0.39 is 71.7 Å². The maximum atomic E-state index is 13.3. The molecule has 0 saturated heterocycles. The summed E-state index contributed by atoms with van der Waals surface area (Å²) in [7, 11) is 0. The maximum absolute atomic E-state index is 13.3. The third-order valence-corrected chi connectivity index (χ3v) is 6.54. The van der Waals surface area contributed by atoms with Crippen LogP contribution in [0, 0.1) is 0 Å². The molecule has 226 valence electrons. The largest absolute Gasteiger partial charge is 0.508 e. The molecule has 14 nitrogen and oxygen atoms in total. The SMILES string of the molecule is CC(=O)[C@H](CS)NN[C@@H](Cc1ccc(O)cc1)C(=O)N[C@@H](CCC(=O)O)C(=O)N[C@@H](CS)C(=O)NC(=O)C(=O)CS. The number of thiol groups is 3. The molecule has 7 N–H and O–H groups in total. The highest BCUT2D eigenvalue weighted by molar-refractivity contribution is 7.81. The van der Waals surface area contributed by atoms with Gasteiger partial charge in [0.25, 0.3) is 5.91 Å². The van der Waals surface area contributed by atoms with Gasteiger partial charge in [0.05, 0.1) is 11.8 Å². The van der Waals surface area contributed by atoms with Crippen LogP contribution in [0.4, 0.5) is 0 Å². The van der Waals surface area contributed by atoms with Crippen molar-refractivity contribution in [2.24, 2.45) is 0 Å². The smallest absolute Gasteiger partial charge is 0.303 e. The van der Waals surface area contributed by atoms with Gasteiger partial charge in [-0.05, 0) is 37.5 Å². The minimum Gasteiger partial charge on any atom is -0.508 e. The van der Waals surface area contributed by atoms with Crippen molar-refractivity contribution in [1.29, 1.82) is 0 Å². The van der Waals surface area contributed by atoms with Crippen LogP contribution in [0.2, 0.25) is 0 Å². The zero-order valence-corrected chi connectivity index (χ0v) is 24.6. The molecule has 0 bridgehead atoms. The number of hydrazine groups is 1. The first-order chi connectivity index (χ1) is 19.3. The van der Waals surface area contributed by atoms with Crippen molar-refractivity contribution < 1.29 is 43.8 Å². The number of hydrogen-bond acceptors (Lipinski definition) is 13. The third kappa shape index (κ3) is 12.9. The molecule has 0 aliphatic rings. The van der Waals surface area contributed by atoms with Gasteiger partial charge in [-0.25, -0.2) is 10.9 Å². The zero-order chi connectivity index (χ0) is 31.1. The van der Waals surface area contributed by atoms with Crippen LogP contribution in [0.15, 0.2) is 24.3 Å². The van der Waals surface area contributed by atoms with E-state index in [2.05, 4.69) is 59.4 Å². The number of phenols is 1. The van der Waals surface area contributed by atoms with Gasteiger partial charge in [-0.15, -0.1) is 0 Å². The first-order valence-electron chi connectivity index (χ1n) is 12.1.